The number of imide groups is 1. The van der Waals surface area contributed by atoms with Crippen LogP contribution in [-0.2, 0) is 68.4 Å². The number of methoxy groups -OCH3 is 2. The molecule has 0 radical (unpaired) electrons. The van der Waals surface area contributed by atoms with Crippen LogP contribution in [0.1, 0.15) is 97.5 Å². The lowest BCUT2D eigenvalue weighted by molar-refractivity contribution is -0.202. The molecule has 3 aliphatic heterocycles. The minimum absolute atomic E-state index is 0.00139. The number of carbonyl (C=O) groups is 9. The first-order valence-corrected chi connectivity index (χ1v) is 27.5. The summed E-state index contributed by atoms with van der Waals surface area (Å²) in [6.45, 7) is 6.17. The molecule has 3 fully saturated rings. The lowest BCUT2D eigenvalue weighted by Crippen LogP contribution is -2.63. The first-order valence-electron chi connectivity index (χ1n) is 27.1. The molecule has 446 valence electrons. The Balaban J connectivity index is 1.05. The number of alkyl carbamates (subject to hydrolysis) is 1. The van der Waals surface area contributed by atoms with E-state index in [2.05, 4.69) is 5.32 Å². The van der Waals surface area contributed by atoms with E-state index in [4.69, 9.17) is 49.6 Å². The standard InChI is InChI=1S/C56H77ClN6O18/c1-33-16-15-19-43(75-10)56(73)31-42(78-52(70)58-56)34(2)37-30-55(37,4)44(29-48(67)62(8)38-27-36(26-33)28-41(74-9)50(38)57)80-51(69)35(3)61(7)45(64)22-25-76-53(71)59(5)23-24-60(6)54(72)79-40-18-14-12-11-13-17-39(40)77-32-49(68)81-63-46(65)20-21-47(63)66/h14-16,18-19,27-28,34-35,37,39-40,42-44,73H,11-13,17,20-26,29-32H2,1-10H3,(H,58,70)/b18-14+,19-15+,33-16+/t34-,35-,37+,39?,40?,42-,43+,44-,55+,56-/m0/s1. The van der Waals surface area contributed by atoms with Gasteiger partial charge in [0.15, 0.2) is 5.72 Å². The highest BCUT2D eigenvalue weighted by Crippen LogP contribution is 2.61. The maximum absolute atomic E-state index is 14.4. The van der Waals surface area contributed by atoms with E-state index in [1.807, 2.05) is 32.9 Å². The van der Waals surface area contributed by atoms with E-state index in [9.17, 15) is 48.3 Å². The number of ether oxygens (including phenoxy) is 7. The molecule has 25 heteroatoms. The minimum Gasteiger partial charge on any atom is -0.495 e. The Morgan fingerprint density at radius 2 is 1.64 bits per heavy atom. The van der Waals surface area contributed by atoms with Gasteiger partial charge in [0, 0.05) is 73.1 Å². The molecule has 7 amide bonds. The highest BCUT2D eigenvalue weighted by atomic mass is 35.5. The molecule has 5 aliphatic rings. The second-order valence-electron chi connectivity index (χ2n) is 21.7. The number of aliphatic hydroxyl groups is 1. The van der Waals surface area contributed by atoms with Gasteiger partial charge in [0.05, 0.1) is 31.7 Å². The molecule has 10 atom stereocenters. The summed E-state index contributed by atoms with van der Waals surface area (Å²) < 4.78 is 40.2. The summed E-state index contributed by atoms with van der Waals surface area (Å²) in [4.78, 5) is 128. The normalized spacial score (nSPS) is 28.7. The molecule has 2 aliphatic carbocycles. The highest BCUT2D eigenvalue weighted by molar-refractivity contribution is 6.35. The number of nitrogens with zero attached hydrogens (tertiary/aromatic N) is 5. The summed E-state index contributed by atoms with van der Waals surface area (Å²) in [6.07, 6.45) is 4.66. The zero-order valence-electron chi connectivity index (χ0n) is 47.8. The fourth-order valence-electron chi connectivity index (χ4n) is 10.4. The van der Waals surface area contributed by atoms with E-state index >= 15 is 0 Å². The average molecular weight is 1160 g/mol. The molecular weight excluding hydrogens is 1080 g/mol. The van der Waals surface area contributed by atoms with Crippen molar-refractivity contribution in [1.29, 1.82) is 0 Å². The number of esters is 1. The van der Waals surface area contributed by atoms with Gasteiger partial charge < -0.3 is 62.7 Å². The number of nitrogens with one attached hydrogen (secondary N) is 1. The topological polar surface area (TPSA) is 276 Å². The summed E-state index contributed by atoms with van der Waals surface area (Å²) in [7, 11) is 8.76. The van der Waals surface area contributed by atoms with E-state index in [0.29, 0.717) is 42.2 Å². The van der Waals surface area contributed by atoms with Crippen molar-refractivity contribution in [2.75, 3.05) is 73.6 Å². The Labute approximate surface area is 476 Å². The summed E-state index contributed by atoms with van der Waals surface area (Å²) in [5.41, 5.74) is -0.673. The van der Waals surface area contributed by atoms with Crippen molar-refractivity contribution in [2.45, 2.75) is 141 Å². The van der Waals surface area contributed by atoms with E-state index in [-0.39, 0.29) is 62.7 Å². The number of allylic oxidation sites excluding steroid dienone is 4. The predicted octanol–water partition coefficient (Wildman–Crippen LogP) is 5.40. The van der Waals surface area contributed by atoms with Crippen LogP contribution in [0.4, 0.5) is 20.1 Å². The van der Waals surface area contributed by atoms with Crippen LogP contribution in [0.2, 0.25) is 5.02 Å². The van der Waals surface area contributed by atoms with Gasteiger partial charge in [-0.15, -0.1) is 5.06 Å². The molecule has 0 aromatic heterocycles. The smallest absolute Gasteiger partial charge is 0.410 e. The van der Waals surface area contributed by atoms with E-state index in [1.54, 1.807) is 37.4 Å². The molecule has 81 heavy (non-hydrogen) atoms. The SMILES string of the molecule is COc1cc2cc(c1Cl)N(C)C(=O)C[C@H](OC(=O)[C@H](C)N(C)C(=O)CCOC(=O)N(C)CCN(C)C(=O)OC1/C=C/CCCCC1OCC(=O)ON1C(=O)CCC1=O)[C@]1(C)C[C@@H]1[C@H](C)[C@@H]1C[C@@](O)(NC(=O)O1)[C@H](OC)/C=C/C=C(\C)C2. The molecule has 2 saturated heterocycles. The minimum atomic E-state index is -1.85. The van der Waals surface area contributed by atoms with Crippen LogP contribution in [0.15, 0.2) is 48.1 Å². The molecule has 1 aromatic carbocycles. The van der Waals surface area contributed by atoms with Crippen LogP contribution in [0.5, 0.6) is 5.75 Å². The largest absolute Gasteiger partial charge is 0.495 e. The van der Waals surface area contributed by atoms with Gasteiger partial charge in [0.2, 0.25) is 11.8 Å². The van der Waals surface area contributed by atoms with Crippen molar-refractivity contribution in [2.24, 2.45) is 17.3 Å². The van der Waals surface area contributed by atoms with Gasteiger partial charge in [-0.25, -0.2) is 24.0 Å². The maximum Gasteiger partial charge on any atom is 0.410 e. The summed E-state index contributed by atoms with van der Waals surface area (Å²) in [5, 5.41) is 15.1. The zero-order valence-corrected chi connectivity index (χ0v) is 48.5. The predicted molar refractivity (Wildman–Crippen MR) is 290 cm³/mol. The number of hydrogen-bond donors (Lipinski definition) is 2. The summed E-state index contributed by atoms with van der Waals surface area (Å²) in [5.74, 6) is -4.38. The van der Waals surface area contributed by atoms with Crippen molar-refractivity contribution >= 4 is 71.1 Å². The molecule has 2 unspecified atom stereocenters. The zero-order chi connectivity index (χ0) is 59.5. The number of anilines is 1. The molecule has 4 bridgehead atoms. The number of amides is 7. The number of rotatable bonds is 16. The number of fused-ring (bicyclic) bond motifs is 5. The van der Waals surface area contributed by atoms with Gasteiger partial charge in [-0.2, -0.15) is 0 Å². The van der Waals surface area contributed by atoms with Crippen LogP contribution in [0, 0.1) is 17.3 Å². The van der Waals surface area contributed by atoms with Crippen molar-refractivity contribution < 1.29 is 86.3 Å². The van der Waals surface area contributed by atoms with Gasteiger partial charge in [0.1, 0.15) is 54.4 Å². The number of carbonyl (C=O) groups excluding carboxylic acids is 9. The van der Waals surface area contributed by atoms with Crippen LogP contribution < -0.4 is 15.0 Å². The highest BCUT2D eigenvalue weighted by Gasteiger charge is 2.62. The number of halogens is 1. The Morgan fingerprint density at radius 1 is 0.951 bits per heavy atom. The van der Waals surface area contributed by atoms with Crippen molar-refractivity contribution in [1.82, 2.24) is 25.1 Å². The second kappa shape index (κ2) is 27.8. The van der Waals surface area contributed by atoms with Gasteiger partial charge in [-0.1, -0.05) is 61.7 Å². The van der Waals surface area contributed by atoms with E-state index in [0.717, 1.165) is 28.9 Å². The van der Waals surface area contributed by atoms with Crippen molar-refractivity contribution in [3.63, 3.8) is 0 Å². The molecule has 0 spiro atoms. The molecule has 1 saturated carbocycles. The Bertz CT molecular complexity index is 2620. The molecule has 3 heterocycles. The van der Waals surface area contributed by atoms with Crippen LogP contribution >= 0.6 is 11.6 Å². The number of benzene rings is 1. The van der Waals surface area contributed by atoms with Gasteiger partial charge in [0.25, 0.3) is 11.8 Å². The molecule has 24 nitrogen and oxygen atoms in total. The Morgan fingerprint density at radius 3 is 2.32 bits per heavy atom. The van der Waals surface area contributed by atoms with Gasteiger partial charge in [-0.05, 0) is 81.6 Å². The van der Waals surface area contributed by atoms with Crippen LogP contribution in [0.25, 0.3) is 0 Å². The molecule has 2 N–H and O–H groups in total. The van der Waals surface area contributed by atoms with Gasteiger partial charge >= 0.3 is 30.2 Å². The number of hydroxylamine groups is 2. The lowest BCUT2D eigenvalue weighted by Gasteiger charge is -2.42. The average Bonchev–Trinajstić information content (AvgIpc) is 4.03. The summed E-state index contributed by atoms with van der Waals surface area (Å²) in [6, 6.07) is 2.38. The Hall–Kier alpha value is -6.76. The van der Waals surface area contributed by atoms with Crippen LogP contribution in [0.3, 0.4) is 0 Å². The monoisotopic (exact) mass is 1160 g/mol. The first-order chi connectivity index (χ1) is 38.3. The quantitative estimate of drug-likeness (QED) is 0.0907. The van der Waals surface area contributed by atoms with Crippen molar-refractivity contribution in [3.05, 3.63) is 58.7 Å². The second-order valence-corrected chi connectivity index (χ2v) is 22.0. The fraction of sp³-hybridized carbons (Fsp3) is 0.625. The van der Waals surface area contributed by atoms with Crippen molar-refractivity contribution in [3.8, 4) is 5.75 Å². The maximum atomic E-state index is 14.4. The molecule has 1 aromatic rings. The van der Waals surface area contributed by atoms with E-state index < -0.39 is 114 Å². The first kappa shape index (κ1) is 63.4. The summed E-state index contributed by atoms with van der Waals surface area (Å²) >= 11 is 6.84. The lowest BCUT2D eigenvalue weighted by atomic mass is 9.83. The van der Waals surface area contributed by atoms with Gasteiger partial charge in [-0.3, -0.25) is 24.5 Å². The van der Waals surface area contributed by atoms with Crippen LogP contribution in [-0.4, -0.2) is 190 Å². The Kier molecular flexibility index (Phi) is 21.8. The molecular formula is C56H77ClN6O18. The third-order valence-electron chi connectivity index (χ3n) is 15.8. The number of hydrogen-bond acceptors (Lipinski definition) is 18. The molecule has 6 rings (SSSR count). The van der Waals surface area contributed by atoms with E-state index in [1.165, 1.54) is 57.0 Å². The third kappa shape index (κ3) is 16.0. The fourth-order valence-corrected chi connectivity index (χ4v) is 10.7. The number of likely N-dealkylation sites (N-methyl/N-ethyl adjacent to an activating group) is 3. The third-order valence-corrected chi connectivity index (χ3v) is 16.2.